The second kappa shape index (κ2) is 4.13. The molecule has 0 aliphatic rings. The first-order chi connectivity index (χ1) is 6.13. The summed E-state index contributed by atoms with van der Waals surface area (Å²) in [6.07, 6.45) is 1.39. The molecule has 1 heterocycles. The summed E-state index contributed by atoms with van der Waals surface area (Å²) in [4.78, 5) is 11.2. The lowest BCUT2D eigenvalue weighted by molar-refractivity contribution is -0.126. The Kier molecular flexibility index (Phi) is 3.13. The molecule has 0 amide bonds. The molecule has 1 rings (SSSR count). The number of Topliss-reactive ketones (excluding diaryl/α,β-unsaturated/α-hetero) is 1. The molecule has 0 aliphatic carbocycles. The van der Waals surface area contributed by atoms with Crippen molar-refractivity contribution in [1.82, 2.24) is 15.0 Å². The molecule has 1 N–H and O–H groups in total. The first-order valence-electron chi connectivity index (χ1n) is 4.19. The van der Waals surface area contributed by atoms with Crippen LogP contribution >= 0.6 is 0 Å². The second-order valence-electron chi connectivity index (χ2n) is 2.95. The maximum Gasteiger partial charge on any atom is 0.167 e. The summed E-state index contributed by atoms with van der Waals surface area (Å²) in [7, 11) is 1.73. The highest BCUT2D eigenvalue weighted by atomic mass is 16.3. The molecule has 0 aliphatic heterocycles. The molecule has 5 heteroatoms. The number of carbonyl (C=O) groups is 1. The molecule has 1 unspecified atom stereocenters. The Morgan fingerprint density at radius 3 is 2.92 bits per heavy atom. The van der Waals surface area contributed by atoms with Gasteiger partial charge in [-0.25, -0.2) is 0 Å². The SMILES string of the molecule is CCC(O)C(=O)Cc1cn(C)nn1. The molecule has 1 aromatic heterocycles. The van der Waals surface area contributed by atoms with E-state index in [1.165, 1.54) is 4.68 Å². The van der Waals surface area contributed by atoms with Gasteiger partial charge in [-0.1, -0.05) is 12.1 Å². The van der Waals surface area contributed by atoms with Crippen molar-refractivity contribution in [2.24, 2.45) is 7.05 Å². The van der Waals surface area contributed by atoms with E-state index in [4.69, 9.17) is 0 Å². The van der Waals surface area contributed by atoms with Gasteiger partial charge in [0.25, 0.3) is 0 Å². The van der Waals surface area contributed by atoms with Crippen LogP contribution in [0.25, 0.3) is 0 Å². The summed E-state index contributed by atoms with van der Waals surface area (Å²) in [6.45, 7) is 1.76. The Bertz CT molecular complexity index is 295. The molecule has 0 saturated carbocycles. The largest absolute Gasteiger partial charge is 0.385 e. The van der Waals surface area contributed by atoms with Gasteiger partial charge in [0.2, 0.25) is 0 Å². The van der Waals surface area contributed by atoms with E-state index in [1.54, 1.807) is 20.2 Å². The molecular weight excluding hydrogens is 170 g/mol. The van der Waals surface area contributed by atoms with Gasteiger partial charge in [-0.15, -0.1) is 5.10 Å². The standard InChI is InChI=1S/C8H13N3O2/c1-3-7(12)8(13)4-6-5-11(2)10-9-6/h5,7,12H,3-4H2,1-2H3. The molecule has 5 nitrogen and oxygen atoms in total. The number of aryl methyl sites for hydroxylation is 1. The van der Waals surface area contributed by atoms with Crippen LogP contribution in [0.2, 0.25) is 0 Å². The average Bonchev–Trinajstić information content (AvgIpc) is 2.49. The smallest absolute Gasteiger partial charge is 0.167 e. The minimum atomic E-state index is -0.873. The number of hydrogen-bond donors (Lipinski definition) is 1. The molecule has 0 fully saturated rings. The summed E-state index contributed by atoms with van der Waals surface area (Å²) in [5.74, 6) is -0.206. The van der Waals surface area contributed by atoms with Crippen LogP contribution in [0.1, 0.15) is 19.0 Å². The van der Waals surface area contributed by atoms with Crippen LogP contribution in [0.4, 0.5) is 0 Å². The highest BCUT2D eigenvalue weighted by molar-refractivity contribution is 5.84. The Balaban J connectivity index is 2.54. The minimum absolute atomic E-state index is 0.156. The Labute approximate surface area is 76.4 Å². The van der Waals surface area contributed by atoms with Gasteiger partial charge in [-0.3, -0.25) is 9.48 Å². The van der Waals surface area contributed by atoms with Gasteiger partial charge >= 0.3 is 0 Å². The summed E-state index contributed by atoms with van der Waals surface area (Å²) in [5, 5.41) is 16.6. The number of carbonyl (C=O) groups excluding carboxylic acids is 1. The number of aliphatic hydroxyl groups excluding tert-OH is 1. The first-order valence-corrected chi connectivity index (χ1v) is 4.19. The highest BCUT2D eigenvalue weighted by Gasteiger charge is 2.14. The summed E-state index contributed by atoms with van der Waals surface area (Å²) in [5.41, 5.74) is 0.597. The van der Waals surface area contributed by atoms with Crippen LogP contribution in [-0.2, 0) is 18.3 Å². The molecule has 0 saturated heterocycles. The molecule has 1 aromatic rings. The fourth-order valence-corrected chi connectivity index (χ4v) is 1.00. The zero-order valence-corrected chi connectivity index (χ0v) is 7.77. The summed E-state index contributed by atoms with van der Waals surface area (Å²) >= 11 is 0. The van der Waals surface area contributed by atoms with Crippen LogP contribution in [0.5, 0.6) is 0 Å². The number of nitrogens with zero attached hydrogens (tertiary/aromatic N) is 3. The van der Waals surface area contributed by atoms with Crippen LogP contribution < -0.4 is 0 Å². The van der Waals surface area contributed by atoms with E-state index in [0.29, 0.717) is 12.1 Å². The maximum absolute atomic E-state index is 11.2. The number of aromatic nitrogens is 3. The molecule has 72 valence electrons. The lowest BCUT2D eigenvalue weighted by Gasteiger charge is -2.03. The van der Waals surface area contributed by atoms with E-state index in [2.05, 4.69) is 10.3 Å². The van der Waals surface area contributed by atoms with Crippen molar-refractivity contribution in [3.05, 3.63) is 11.9 Å². The van der Waals surface area contributed by atoms with Crippen molar-refractivity contribution in [3.63, 3.8) is 0 Å². The molecule has 1 atom stereocenters. The van der Waals surface area contributed by atoms with Crippen molar-refractivity contribution >= 4 is 5.78 Å². The molecule has 0 radical (unpaired) electrons. The van der Waals surface area contributed by atoms with Crippen LogP contribution in [0.3, 0.4) is 0 Å². The van der Waals surface area contributed by atoms with Gasteiger partial charge in [0.15, 0.2) is 5.78 Å². The molecular formula is C8H13N3O2. The minimum Gasteiger partial charge on any atom is -0.385 e. The monoisotopic (exact) mass is 183 g/mol. The Hall–Kier alpha value is -1.23. The van der Waals surface area contributed by atoms with Crippen LogP contribution in [0.15, 0.2) is 6.20 Å². The van der Waals surface area contributed by atoms with Gasteiger partial charge in [-0.2, -0.15) is 0 Å². The topological polar surface area (TPSA) is 68.0 Å². The fraction of sp³-hybridized carbons (Fsp3) is 0.625. The number of aliphatic hydroxyl groups is 1. The van der Waals surface area contributed by atoms with E-state index in [0.717, 1.165) is 0 Å². The van der Waals surface area contributed by atoms with Crippen molar-refractivity contribution in [2.75, 3.05) is 0 Å². The predicted octanol–water partition coefficient (Wildman–Crippen LogP) is -0.302. The lowest BCUT2D eigenvalue weighted by atomic mass is 10.1. The second-order valence-corrected chi connectivity index (χ2v) is 2.95. The van der Waals surface area contributed by atoms with Gasteiger partial charge in [0.05, 0.1) is 12.1 Å². The van der Waals surface area contributed by atoms with E-state index in [9.17, 15) is 9.90 Å². The van der Waals surface area contributed by atoms with E-state index < -0.39 is 6.10 Å². The zero-order valence-electron chi connectivity index (χ0n) is 7.77. The van der Waals surface area contributed by atoms with Crippen molar-refractivity contribution < 1.29 is 9.90 Å². The van der Waals surface area contributed by atoms with Crippen molar-refractivity contribution in [3.8, 4) is 0 Å². The molecule has 0 bridgehead atoms. The normalized spacial score (nSPS) is 12.8. The Morgan fingerprint density at radius 1 is 1.77 bits per heavy atom. The molecule has 0 aromatic carbocycles. The van der Waals surface area contributed by atoms with Gasteiger partial charge in [0.1, 0.15) is 6.10 Å². The summed E-state index contributed by atoms with van der Waals surface area (Å²) < 4.78 is 1.53. The zero-order chi connectivity index (χ0) is 9.84. The van der Waals surface area contributed by atoms with Crippen LogP contribution in [0, 0.1) is 0 Å². The fourth-order valence-electron chi connectivity index (χ4n) is 1.00. The van der Waals surface area contributed by atoms with E-state index in [1.807, 2.05) is 0 Å². The Morgan fingerprint density at radius 2 is 2.46 bits per heavy atom. The van der Waals surface area contributed by atoms with E-state index in [-0.39, 0.29) is 12.2 Å². The lowest BCUT2D eigenvalue weighted by Crippen LogP contribution is -2.21. The third-order valence-electron chi connectivity index (χ3n) is 1.76. The van der Waals surface area contributed by atoms with Crippen molar-refractivity contribution in [1.29, 1.82) is 0 Å². The average molecular weight is 183 g/mol. The maximum atomic E-state index is 11.2. The van der Waals surface area contributed by atoms with Gasteiger partial charge in [0, 0.05) is 13.2 Å². The molecule has 13 heavy (non-hydrogen) atoms. The number of rotatable bonds is 4. The first kappa shape index (κ1) is 9.85. The van der Waals surface area contributed by atoms with Crippen molar-refractivity contribution in [2.45, 2.75) is 25.9 Å². The quantitative estimate of drug-likeness (QED) is 0.695. The molecule has 0 spiro atoms. The third kappa shape index (κ3) is 2.62. The van der Waals surface area contributed by atoms with Gasteiger partial charge in [-0.05, 0) is 6.42 Å². The number of hydrogen-bond acceptors (Lipinski definition) is 4. The predicted molar refractivity (Wildman–Crippen MR) is 46.0 cm³/mol. The van der Waals surface area contributed by atoms with Crippen LogP contribution in [-0.4, -0.2) is 32.0 Å². The third-order valence-corrected chi connectivity index (χ3v) is 1.76. The van der Waals surface area contributed by atoms with Gasteiger partial charge < -0.3 is 5.11 Å². The van der Waals surface area contributed by atoms with E-state index >= 15 is 0 Å². The number of ketones is 1. The highest BCUT2D eigenvalue weighted by Crippen LogP contribution is 1.99. The summed E-state index contributed by atoms with van der Waals surface area (Å²) in [6, 6.07) is 0.